The van der Waals surface area contributed by atoms with Crippen molar-refractivity contribution < 1.29 is 0 Å². The Labute approximate surface area is 88.5 Å². The summed E-state index contributed by atoms with van der Waals surface area (Å²) in [6, 6.07) is 7.29. The molecule has 3 heteroatoms. The first-order valence-electron chi connectivity index (χ1n) is 4.84. The van der Waals surface area contributed by atoms with E-state index in [-0.39, 0.29) is 0 Å². The van der Waals surface area contributed by atoms with Gasteiger partial charge in [0.2, 0.25) is 0 Å². The molecule has 0 unspecified atom stereocenters. The van der Waals surface area contributed by atoms with Crippen LogP contribution >= 0.6 is 0 Å². The third kappa shape index (κ3) is 2.13. The van der Waals surface area contributed by atoms with Gasteiger partial charge in [-0.15, -0.1) is 4.91 Å². The van der Waals surface area contributed by atoms with Crippen molar-refractivity contribution in [2.75, 3.05) is 6.54 Å². The lowest BCUT2D eigenvalue weighted by molar-refractivity contribution is 0.925. The van der Waals surface area contributed by atoms with Crippen LogP contribution in [0.1, 0.15) is 12.5 Å². The quantitative estimate of drug-likeness (QED) is 0.745. The number of nitroso groups, excluding NO2 is 1. The maximum absolute atomic E-state index is 10.4. The molecule has 1 aliphatic rings. The first-order valence-corrected chi connectivity index (χ1v) is 4.84. The monoisotopic (exact) mass is 200 g/mol. The Bertz CT molecular complexity index is 447. The first kappa shape index (κ1) is 9.65. The van der Waals surface area contributed by atoms with Gasteiger partial charge in [-0.1, -0.05) is 23.8 Å². The zero-order valence-electron chi connectivity index (χ0n) is 8.53. The fourth-order valence-corrected chi connectivity index (χ4v) is 1.59. The van der Waals surface area contributed by atoms with Crippen LogP contribution in [-0.4, -0.2) is 6.54 Å². The van der Waals surface area contributed by atoms with Crippen LogP contribution in [0.25, 0.3) is 5.57 Å². The number of allylic oxidation sites excluding steroid dienone is 2. The Hall–Kier alpha value is -1.90. The van der Waals surface area contributed by atoms with Gasteiger partial charge in [-0.3, -0.25) is 0 Å². The third-order valence-electron chi connectivity index (χ3n) is 2.33. The second-order valence-corrected chi connectivity index (χ2v) is 3.61. The van der Waals surface area contributed by atoms with Gasteiger partial charge >= 0.3 is 0 Å². The summed E-state index contributed by atoms with van der Waals surface area (Å²) in [5, 5.41) is 6.11. The molecule has 0 aliphatic carbocycles. The largest absolute Gasteiger partial charge is 0.387 e. The SMILES string of the molecule is CC1=CC(c2cccc(N=O)c2)=CNC1. The van der Waals surface area contributed by atoms with Gasteiger partial charge in [-0.05, 0) is 35.4 Å². The van der Waals surface area contributed by atoms with Gasteiger partial charge in [-0.2, -0.15) is 0 Å². The molecule has 0 aromatic heterocycles. The second kappa shape index (κ2) is 4.09. The Morgan fingerprint density at radius 1 is 1.40 bits per heavy atom. The van der Waals surface area contributed by atoms with Gasteiger partial charge < -0.3 is 5.32 Å². The number of hydrogen-bond acceptors (Lipinski definition) is 3. The van der Waals surface area contributed by atoms with E-state index in [0.29, 0.717) is 5.69 Å². The molecule has 1 aromatic rings. The van der Waals surface area contributed by atoms with Crippen LogP contribution in [0.15, 0.2) is 47.3 Å². The molecule has 76 valence electrons. The van der Waals surface area contributed by atoms with Gasteiger partial charge in [0.15, 0.2) is 0 Å². The lowest BCUT2D eigenvalue weighted by atomic mass is 10.0. The van der Waals surface area contributed by atoms with Gasteiger partial charge in [0.25, 0.3) is 0 Å². The molecular weight excluding hydrogens is 188 g/mol. The Kier molecular flexibility index (Phi) is 2.63. The van der Waals surface area contributed by atoms with E-state index in [0.717, 1.165) is 17.7 Å². The third-order valence-corrected chi connectivity index (χ3v) is 2.33. The first-order chi connectivity index (χ1) is 7.29. The molecule has 0 atom stereocenters. The summed E-state index contributed by atoms with van der Waals surface area (Å²) in [5.41, 5.74) is 3.84. The van der Waals surface area contributed by atoms with Crippen LogP contribution in [0, 0.1) is 4.91 Å². The highest BCUT2D eigenvalue weighted by atomic mass is 16.3. The van der Waals surface area contributed by atoms with E-state index >= 15 is 0 Å². The highest BCUT2D eigenvalue weighted by molar-refractivity contribution is 5.76. The van der Waals surface area contributed by atoms with E-state index in [1.807, 2.05) is 18.3 Å². The maximum atomic E-state index is 10.4. The molecule has 0 saturated carbocycles. The minimum atomic E-state index is 0.463. The summed E-state index contributed by atoms with van der Waals surface area (Å²) in [6.45, 7) is 2.96. The van der Waals surface area contributed by atoms with Crippen molar-refractivity contribution in [2.24, 2.45) is 5.18 Å². The van der Waals surface area contributed by atoms with E-state index in [1.54, 1.807) is 12.1 Å². The number of benzene rings is 1. The van der Waals surface area contributed by atoms with Gasteiger partial charge in [-0.25, -0.2) is 0 Å². The van der Waals surface area contributed by atoms with Gasteiger partial charge in [0, 0.05) is 12.7 Å². The Morgan fingerprint density at radius 2 is 2.27 bits per heavy atom. The molecule has 0 radical (unpaired) electrons. The number of nitrogens with zero attached hydrogens (tertiary/aromatic N) is 1. The average molecular weight is 200 g/mol. The lowest BCUT2D eigenvalue weighted by Crippen LogP contribution is -2.12. The van der Waals surface area contributed by atoms with E-state index < -0.39 is 0 Å². The van der Waals surface area contributed by atoms with Crippen molar-refractivity contribution >= 4 is 11.3 Å². The van der Waals surface area contributed by atoms with Gasteiger partial charge in [0.05, 0.1) is 0 Å². The number of nitrogens with one attached hydrogen (secondary N) is 1. The number of rotatable bonds is 2. The molecule has 1 heterocycles. The molecule has 1 N–H and O–H groups in total. The molecule has 15 heavy (non-hydrogen) atoms. The second-order valence-electron chi connectivity index (χ2n) is 3.61. The molecule has 0 saturated heterocycles. The van der Waals surface area contributed by atoms with Crippen LogP contribution in [0.2, 0.25) is 0 Å². The summed E-state index contributed by atoms with van der Waals surface area (Å²) in [4.78, 5) is 10.4. The zero-order chi connectivity index (χ0) is 10.7. The summed E-state index contributed by atoms with van der Waals surface area (Å²) in [7, 11) is 0. The van der Waals surface area contributed by atoms with Crippen LogP contribution in [0.3, 0.4) is 0 Å². The molecule has 2 rings (SSSR count). The Morgan fingerprint density at radius 3 is 3.00 bits per heavy atom. The van der Waals surface area contributed by atoms with Gasteiger partial charge in [0.1, 0.15) is 5.69 Å². The highest BCUT2D eigenvalue weighted by Crippen LogP contribution is 2.23. The highest BCUT2D eigenvalue weighted by Gasteiger charge is 2.04. The van der Waals surface area contributed by atoms with Crippen molar-refractivity contribution in [3.63, 3.8) is 0 Å². The molecular formula is C12H12N2O. The molecule has 0 spiro atoms. The van der Waals surface area contributed by atoms with Crippen molar-refractivity contribution in [2.45, 2.75) is 6.92 Å². The van der Waals surface area contributed by atoms with Crippen molar-refractivity contribution in [1.82, 2.24) is 5.32 Å². The van der Waals surface area contributed by atoms with Crippen LogP contribution < -0.4 is 5.32 Å². The van der Waals surface area contributed by atoms with Crippen molar-refractivity contribution in [3.8, 4) is 0 Å². The molecule has 1 aromatic carbocycles. The minimum Gasteiger partial charge on any atom is -0.387 e. The molecule has 0 bridgehead atoms. The van der Waals surface area contributed by atoms with E-state index in [2.05, 4.69) is 23.5 Å². The average Bonchev–Trinajstić information content (AvgIpc) is 2.29. The fraction of sp³-hybridized carbons (Fsp3) is 0.167. The topological polar surface area (TPSA) is 41.5 Å². The van der Waals surface area contributed by atoms with Crippen LogP contribution in [0.5, 0.6) is 0 Å². The van der Waals surface area contributed by atoms with E-state index in [9.17, 15) is 4.91 Å². The van der Waals surface area contributed by atoms with Crippen LogP contribution in [-0.2, 0) is 0 Å². The normalized spacial score (nSPS) is 15.0. The lowest BCUT2D eigenvalue weighted by Gasteiger charge is -2.12. The summed E-state index contributed by atoms with van der Waals surface area (Å²) in [5.74, 6) is 0. The summed E-state index contributed by atoms with van der Waals surface area (Å²) < 4.78 is 0. The molecule has 0 amide bonds. The van der Waals surface area contributed by atoms with Crippen LogP contribution in [0.4, 0.5) is 5.69 Å². The molecule has 0 fully saturated rings. The zero-order valence-corrected chi connectivity index (χ0v) is 8.53. The summed E-state index contributed by atoms with van der Waals surface area (Å²) >= 11 is 0. The predicted octanol–water partition coefficient (Wildman–Crippen LogP) is 2.97. The molecule has 3 nitrogen and oxygen atoms in total. The fourth-order valence-electron chi connectivity index (χ4n) is 1.59. The predicted molar refractivity (Wildman–Crippen MR) is 61.6 cm³/mol. The Balaban J connectivity index is 2.37. The number of dihydropyridines is 1. The van der Waals surface area contributed by atoms with Crippen molar-refractivity contribution in [3.05, 3.63) is 52.6 Å². The minimum absolute atomic E-state index is 0.463. The molecule has 1 aliphatic heterocycles. The van der Waals surface area contributed by atoms with Crippen molar-refractivity contribution in [1.29, 1.82) is 0 Å². The van der Waals surface area contributed by atoms with E-state index in [4.69, 9.17) is 0 Å². The van der Waals surface area contributed by atoms with E-state index in [1.165, 1.54) is 5.57 Å². The smallest absolute Gasteiger partial charge is 0.108 e. The maximum Gasteiger partial charge on any atom is 0.108 e. The number of hydrogen-bond donors (Lipinski definition) is 1. The summed E-state index contributed by atoms with van der Waals surface area (Å²) in [6.07, 6.45) is 4.07. The standard InChI is InChI=1S/C12H12N2O/c1-9-5-11(8-13-7-9)10-3-2-4-12(6-10)14-15/h2-6,8,13H,7H2,1H3.